The predicted octanol–water partition coefficient (Wildman–Crippen LogP) is 1.08. The van der Waals surface area contributed by atoms with E-state index < -0.39 is 0 Å². The number of rotatable bonds is 1. The van der Waals surface area contributed by atoms with Crippen molar-refractivity contribution < 1.29 is 0 Å². The first kappa shape index (κ1) is 5.04. The molecule has 0 aliphatic carbocycles. The fraction of sp³-hybridized carbons (Fsp3) is 0.600. The molecule has 0 fully saturated rings. The highest BCUT2D eigenvalue weighted by Crippen LogP contribution is 2.00. The fourth-order valence-electron chi connectivity index (χ4n) is 0.522. The molecule has 0 amide bonds. The van der Waals surface area contributed by atoms with Gasteiger partial charge in [-0.15, -0.1) is 0 Å². The molecular formula is C5H9NS. The summed E-state index contributed by atoms with van der Waals surface area (Å²) in [7, 11) is 0. The summed E-state index contributed by atoms with van der Waals surface area (Å²) in [5.41, 5.74) is 0. The standard InChI is InChI=1S/C5H9NS/c1-2-5-3-6-4-7-5/h3,7H,2,4H2,1H3. The van der Waals surface area contributed by atoms with E-state index in [-0.39, 0.29) is 0 Å². The van der Waals surface area contributed by atoms with Gasteiger partial charge >= 0.3 is 0 Å². The van der Waals surface area contributed by atoms with Crippen molar-refractivity contribution in [2.75, 3.05) is 5.88 Å². The lowest BCUT2D eigenvalue weighted by molar-refractivity contribution is 1.34. The van der Waals surface area contributed by atoms with Gasteiger partial charge < -0.3 is 0 Å². The topological polar surface area (TPSA) is 12.4 Å². The van der Waals surface area contributed by atoms with Crippen molar-refractivity contribution in [3.8, 4) is 0 Å². The Labute approximate surface area is 47.4 Å². The van der Waals surface area contributed by atoms with Gasteiger partial charge in [-0.3, -0.25) is 4.99 Å². The molecule has 0 radical (unpaired) electrons. The van der Waals surface area contributed by atoms with Gasteiger partial charge in [0, 0.05) is 6.21 Å². The van der Waals surface area contributed by atoms with Crippen molar-refractivity contribution in [3.63, 3.8) is 0 Å². The smallest absolute Gasteiger partial charge is 0.0773 e. The number of hydrogen-bond donors (Lipinski definition) is 1. The summed E-state index contributed by atoms with van der Waals surface area (Å²) in [5.74, 6) is 1.00. The molecular weight excluding hydrogens is 106 g/mol. The van der Waals surface area contributed by atoms with Crippen LogP contribution in [0.25, 0.3) is 0 Å². The van der Waals surface area contributed by atoms with Gasteiger partial charge in [0.05, 0.1) is 5.88 Å². The van der Waals surface area contributed by atoms with E-state index in [0.29, 0.717) is 0 Å². The second-order valence-electron chi connectivity index (χ2n) is 1.46. The Kier molecular flexibility index (Phi) is 1.63. The van der Waals surface area contributed by atoms with Crippen LogP contribution < -0.4 is 0 Å². The van der Waals surface area contributed by atoms with Crippen LogP contribution >= 0.6 is 11.4 Å². The zero-order chi connectivity index (χ0) is 5.11. The third kappa shape index (κ3) is 1.13. The Balaban J connectivity index is 2.52. The molecule has 1 heterocycles. The van der Waals surface area contributed by atoms with Crippen LogP contribution in [-0.4, -0.2) is 17.0 Å². The van der Waals surface area contributed by atoms with Crippen LogP contribution in [-0.2, 0) is 0 Å². The third-order valence-corrected chi connectivity index (χ3v) is 2.10. The summed E-state index contributed by atoms with van der Waals surface area (Å²) >= 11 is 1.42. The van der Waals surface area contributed by atoms with E-state index in [2.05, 4.69) is 11.9 Å². The molecule has 0 bridgehead atoms. The first-order chi connectivity index (χ1) is 3.43. The van der Waals surface area contributed by atoms with E-state index in [0.717, 1.165) is 5.88 Å². The first-order valence-corrected chi connectivity index (χ1v) is 3.54. The molecule has 0 aromatic carbocycles. The molecule has 0 aromatic heterocycles. The minimum Gasteiger partial charge on any atom is -0.282 e. The molecule has 0 aromatic rings. The van der Waals surface area contributed by atoms with E-state index in [4.69, 9.17) is 0 Å². The number of thiol groups is 1. The average molecular weight is 115 g/mol. The van der Waals surface area contributed by atoms with Crippen LogP contribution in [0.3, 0.4) is 0 Å². The molecule has 0 saturated carbocycles. The summed E-state index contributed by atoms with van der Waals surface area (Å²) in [5, 5.41) is 0. The molecule has 1 nitrogen and oxygen atoms in total. The summed E-state index contributed by atoms with van der Waals surface area (Å²) < 4.78 is 0. The Morgan fingerprint density at radius 3 is 3.14 bits per heavy atom. The molecule has 7 heavy (non-hydrogen) atoms. The minimum atomic E-state index is 1.00. The van der Waals surface area contributed by atoms with Crippen LogP contribution in [0.5, 0.6) is 0 Å². The lowest BCUT2D eigenvalue weighted by Crippen LogP contribution is -1.87. The Morgan fingerprint density at radius 1 is 2.00 bits per heavy atom. The number of hydrogen-bond acceptors (Lipinski definition) is 1. The van der Waals surface area contributed by atoms with Gasteiger partial charge in [0.2, 0.25) is 0 Å². The number of nitrogens with zero attached hydrogens (tertiary/aromatic N) is 1. The van der Waals surface area contributed by atoms with Crippen molar-refractivity contribution in [2.24, 2.45) is 4.99 Å². The van der Waals surface area contributed by atoms with Crippen molar-refractivity contribution in [1.29, 1.82) is 0 Å². The highest BCUT2D eigenvalue weighted by Gasteiger charge is 1.90. The molecule has 0 unspecified atom stereocenters. The van der Waals surface area contributed by atoms with Crippen molar-refractivity contribution in [1.82, 2.24) is 0 Å². The highest BCUT2D eigenvalue weighted by molar-refractivity contribution is 8.00. The van der Waals surface area contributed by atoms with Crippen LogP contribution in [0.1, 0.15) is 13.3 Å². The number of aliphatic imine (C=N–C) groups is 1. The third-order valence-electron chi connectivity index (χ3n) is 0.958. The second-order valence-corrected chi connectivity index (χ2v) is 2.63. The highest BCUT2D eigenvalue weighted by atomic mass is 32.1. The van der Waals surface area contributed by atoms with E-state index in [1.165, 1.54) is 22.6 Å². The van der Waals surface area contributed by atoms with Gasteiger partial charge in [0.1, 0.15) is 0 Å². The van der Waals surface area contributed by atoms with Crippen LogP contribution in [0.4, 0.5) is 0 Å². The van der Waals surface area contributed by atoms with Crippen molar-refractivity contribution in [3.05, 3.63) is 0 Å². The Morgan fingerprint density at radius 2 is 2.86 bits per heavy atom. The van der Waals surface area contributed by atoms with Gasteiger partial charge in [-0.1, -0.05) is 6.92 Å². The fourth-order valence-corrected chi connectivity index (χ4v) is 1.25. The summed E-state index contributed by atoms with van der Waals surface area (Å²) in [4.78, 5) is 5.53. The molecule has 0 N–H and O–H groups in total. The van der Waals surface area contributed by atoms with Crippen molar-refractivity contribution in [2.45, 2.75) is 13.3 Å². The summed E-state index contributed by atoms with van der Waals surface area (Å²) in [6, 6.07) is 0. The lowest BCUT2D eigenvalue weighted by Gasteiger charge is -1.82. The predicted molar refractivity (Wildman–Crippen MR) is 37.6 cm³/mol. The maximum absolute atomic E-state index is 4.06. The molecule has 0 saturated heterocycles. The van der Waals surface area contributed by atoms with Crippen LogP contribution in [0, 0.1) is 0 Å². The lowest BCUT2D eigenvalue weighted by atomic mass is 10.4. The van der Waals surface area contributed by atoms with Gasteiger partial charge in [-0.2, -0.15) is 11.4 Å². The van der Waals surface area contributed by atoms with Gasteiger partial charge in [-0.05, 0) is 11.3 Å². The van der Waals surface area contributed by atoms with E-state index in [1.54, 1.807) is 0 Å². The Hall–Kier alpha value is -0.110. The molecule has 0 atom stereocenters. The molecule has 2 heteroatoms. The van der Waals surface area contributed by atoms with Crippen LogP contribution in [0.2, 0.25) is 0 Å². The molecule has 40 valence electrons. The molecule has 0 spiro atoms. The largest absolute Gasteiger partial charge is 0.282 e. The average Bonchev–Trinajstić information content (AvgIpc) is 2.14. The summed E-state index contributed by atoms with van der Waals surface area (Å²) in [6.07, 6.45) is 3.16. The maximum Gasteiger partial charge on any atom is 0.0773 e. The molecule has 1 rings (SSSR count). The van der Waals surface area contributed by atoms with E-state index >= 15 is 0 Å². The normalized spacial score (nSPS) is 18.7. The SMILES string of the molecule is CCC1=[SH]CN=C1. The monoisotopic (exact) mass is 115 g/mol. The van der Waals surface area contributed by atoms with Crippen molar-refractivity contribution >= 4 is 22.4 Å². The minimum absolute atomic E-state index is 1.00. The quantitative estimate of drug-likeness (QED) is 0.388. The molecule has 1 aliphatic rings. The first-order valence-electron chi connectivity index (χ1n) is 2.46. The maximum atomic E-state index is 4.06. The summed E-state index contributed by atoms with van der Waals surface area (Å²) in [6.45, 7) is 2.17. The molecule has 1 aliphatic heterocycles. The van der Waals surface area contributed by atoms with Gasteiger partial charge in [-0.25, -0.2) is 0 Å². The zero-order valence-electron chi connectivity index (χ0n) is 4.39. The second kappa shape index (κ2) is 2.26. The van der Waals surface area contributed by atoms with E-state index in [1.807, 2.05) is 6.21 Å². The van der Waals surface area contributed by atoms with Crippen LogP contribution in [0.15, 0.2) is 4.99 Å². The Bertz CT molecular complexity index is 115. The van der Waals surface area contributed by atoms with Gasteiger partial charge in [0.25, 0.3) is 0 Å². The van der Waals surface area contributed by atoms with E-state index in [9.17, 15) is 0 Å². The zero-order valence-corrected chi connectivity index (χ0v) is 5.28. The van der Waals surface area contributed by atoms with Gasteiger partial charge in [0.15, 0.2) is 0 Å².